The molecule has 0 bridgehead atoms. The van der Waals surface area contributed by atoms with Crippen LogP contribution in [0.2, 0.25) is 0 Å². The summed E-state index contributed by atoms with van der Waals surface area (Å²) in [6.07, 6.45) is 0.366. The molecule has 5 nitrogen and oxygen atoms in total. The lowest BCUT2D eigenvalue weighted by molar-refractivity contribution is -0.135. The van der Waals surface area contributed by atoms with Crippen LogP contribution in [0.15, 0.2) is 11.1 Å². The van der Waals surface area contributed by atoms with Gasteiger partial charge in [0.2, 0.25) is 0 Å². The van der Waals surface area contributed by atoms with Gasteiger partial charge in [0.15, 0.2) is 0 Å². The topological polar surface area (TPSA) is 66.8 Å². The van der Waals surface area contributed by atoms with E-state index in [0.717, 1.165) is 5.57 Å². The Hall–Kier alpha value is -1.52. The minimum atomic E-state index is -0.924. The second-order valence-corrected chi connectivity index (χ2v) is 3.42. The zero-order chi connectivity index (χ0) is 10.1. The van der Waals surface area contributed by atoms with Gasteiger partial charge in [0.25, 0.3) is 0 Å². The number of esters is 1. The van der Waals surface area contributed by atoms with E-state index in [1.165, 1.54) is 4.90 Å². The van der Waals surface area contributed by atoms with Gasteiger partial charge in [-0.05, 0) is 12.0 Å². The predicted octanol–water partition coefficient (Wildman–Crippen LogP) is 0.614. The Morgan fingerprint density at radius 1 is 1.43 bits per heavy atom. The number of likely N-dealkylation sites (tertiary alicyclic amines) is 1. The van der Waals surface area contributed by atoms with Gasteiger partial charge in [-0.3, -0.25) is 0 Å². The molecule has 0 aliphatic carbocycles. The SMILES string of the molecule is O=C1OCC/C1=C1/CCN(C(=O)O)C1. The molecule has 0 unspecified atom stereocenters. The number of nitrogens with zero attached hydrogens (tertiary/aromatic N) is 1. The number of rotatable bonds is 0. The summed E-state index contributed by atoms with van der Waals surface area (Å²) < 4.78 is 4.81. The van der Waals surface area contributed by atoms with Crippen molar-refractivity contribution >= 4 is 12.1 Å². The number of carbonyl (C=O) groups excluding carboxylic acids is 1. The van der Waals surface area contributed by atoms with E-state index >= 15 is 0 Å². The maximum Gasteiger partial charge on any atom is 0.407 e. The zero-order valence-corrected chi connectivity index (χ0v) is 7.65. The molecule has 1 N–H and O–H groups in total. The Kier molecular flexibility index (Phi) is 2.15. The summed E-state index contributed by atoms with van der Waals surface area (Å²) in [7, 11) is 0. The molecule has 2 saturated heterocycles. The van der Waals surface area contributed by atoms with Gasteiger partial charge >= 0.3 is 12.1 Å². The molecule has 2 heterocycles. The molecule has 76 valence electrons. The standard InChI is InChI=1S/C9H11NO4/c11-8-7(2-4-14-8)6-1-3-10(5-6)9(12)13/h1-5H2,(H,12,13)/b7-6+. The number of carbonyl (C=O) groups is 2. The number of hydrogen-bond donors (Lipinski definition) is 1. The first-order valence-electron chi connectivity index (χ1n) is 4.54. The predicted molar refractivity (Wildman–Crippen MR) is 46.8 cm³/mol. The van der Waals surface area contributed by atoms with Crippen molar-refractivity contribution in [3.8, 4) is 0 Å². The van der Waals surface area contributed by atoms with Gasteiger partial charge in [-0.2, -0.15) is 0 Å². The van der Waals surface area contributed by atoms with Crippen molar-refractivity contribution in [1.29, 1.82) is 0 Å². The van der Waals surface area contributed by atoms with Crippen LogP contribution in [0.1, 0.15) is 12.8 Å². The molecule has 2 aliphatic heterocycles. The summed E-state index contributed by atoms with van der Waals surface area (Å²) in [5.41, 5.74) is 1.61. The summed E-state index contributed by atoms with van der Waals surface area (Å²) >= 11 is 0. The molecule has 2 aliphatic rings. The third-order valence-corrected chi connectivity index (χ3v) is 2.59. The molecular formula is C9H11NO4. The fourth-order valence-electron chi connectivity index (χ4n) is 1.82. The molecule has 0 aromatic rings. The van der Waals surface area contributed by atoms with E-state index in [0.29, 0.717) is 38.1 Å². The van der Waals surface area contributed by atoms with Crippen LogP contribution in [0.5, 0.6) is 0 Å². The van der Waals surface area contributed by atoms with Crippen molar-refractivity contribution in [1.82, 2.24) is 4.90 Å². The Bertz CT molecular complexity index is 321. The molecule has 14 heavy (non-hydrogen) atoms. The van der Waals surface area contributed by atoms with E-state index in [4.69, 9.17) is 9.84 Å². The maximum atomic E-state index is 11.2. The van der Waals surface area contributed by atoms with Gasteiger partial charge in [-0.25, -0.2) is 9.59 Å². The summed E-state index contributed by atoms with van der Waals surface area (Å²) in [4.78, 5) is 23.1. The van der Waals surface area contributed by atoms with E-state index < -0.39 is 6.09 Å². The van der Waals surface area contributed by atoms with E-state index in [9.17, 15) is 9.59 Å². The van der Waals surface area contributed by atoms with Crippen LogP contribution in [0.4, 0.5) is 4.79 Å². The minimum absolute atomic E-state index is 0.271. The first kappa shape index (κ1) is 9.05. The molecule has 0 atom stereocenters. The van der Waals surface area contributed by atoms with Crippen molar-refractivity contribution in [2.45, 2.75) is 12.8 Å². The molecule has 2 fully saturated rings. The fourth-order valence-corrected chi connectivity index (χ4v) is 1.82. The van der Waals surface area contributed by atoms with Gasteiger partial charge in [-0.15, -0.1) is 0 Å². The van der Waals surface area contributed by atoms with E-state index in [2.05, 4.69) is 0 Å². The Balaban J connectivity index is 2.14. The van der Waals surface area contributed by atoms with Crippen molar-refractivity contribution in [2.75, 3.05) is 19.7 Å². The van der Waals surface area contributed by atoms with Crippen LogP contribution in [0.3, 0.4) is 0 Å². The first-order chi connectivity index (χ1) is 6.68. The van der Waals surface area contributed by atoms with Gasteiger partial charge < -0.3 is 14.7 Å². The van der Waals surface area contributed by atoms with Crippen LogP contribution in [0.25, 0.3) is 0 Å². The highest BCUT2D eigenvalue weighted by atomic mass is 16.5. The van der Waals surface area contributed by atoms with Crippen LogP contribution in [0, 0.1) is 0 Å². The smallest absolute Gasteiger partial charge is 0.407 e. The highest BCUT2D eigenvalue weighted by Gasteiger charge is 2.29. The quantitative estimate of drug-likeness (QED) is 0.456. The van der Waals surface area contributed by atoms with Gasteiger partial charge in [0.1, 0.15) is 0 Å². The monoisotopic (exact) mass is 197 g/mol. The van der Waals surface area contributed by atoms with Crippen molar-refractivity contribution < 1.29 is 19.4 Å². The molecule has 5 heteroatoms. The molecular weight excluding hydrogens is 186 g/mol. The number of cyclic esters (lactones) is 1. The second kappa shape index (κ2) is 3.32. The van der Waals surface area contributed by atoms with Crippen LogP contribution >= 0.6 is 0 Å². The summed E-state index contributed by atoms with van der Waals surface area (Å²) in [6, 6.07) is 0. The normalized spacial score (nSPS) is 26.9. The number of ether oxygens (including phenoxy) is 1. The molecule has 0 aromatic carbocycles. The lowest BCUT2D eigenvalue weighted by atomic mass is 10.1. The lowest BCUT2D eigenvalue weighted by Crippen LogP contribution is -2.25. The average Bonchev–Trinajstić information content (AvgIpc) is 2.71. The van der Waals surface area contributed by atoms with Crippen LogP contribution < -0.4 is 0 Å². The summed E-state index contributed by atoms with van der Waals surface area (Å²) in [6.45, 7) is 1.28. The molecule has 0 aromatic heterocycles. The summed E-state index contributed by atoms with van der Waals surface area (Å²) in [5.74, 6) is -0.271. The van der Waals surface area contributed by atoms with Gasteiger partial charge in [0.05, 0.1) is 6.61 Å². The average molecular weight is 197 g/mol. The van der Waals surface area contributed by atoms with Crippen LogP contribution in [-0.2, 0) is 9.53 Å². The Labute approximate surface area is 80.9 Å². The van der Waals surface area contributed by atoms with E-state index in [1.807, 2.05) is 0 Å². The third kappa shape index (κ3) is 1.45. The molecule has 0 radical (unpaired) electrons. The fraction of sp³-hybridized carbons (Fsp3) is 0.556. The van der Waals surface area contributed by atoms with Gasteiger partial charge in [-0.1, -0.05) is 0 Å². The van der Waals surface area contributed by atoms with E-state index in [1.54, 1.807) is 0 Å². The van der Waals surface area contributed by atoms with Crippen LogP contribution in [-0.4, -0.2) is 41.8 Å². The molecule has 0 spiro atoms. The number of amides is 1. The number of hydrogen-bond acceptors (Lipinski definition) is 3. The maximum absolute atomic E-state index is 11.2. The van der Waals surface area contributed by atoms with Crippen molar-refractivity contribution in [2.24, 2.45) is 0 Å². The Morgan fingerprint density at radius 3 is 2.71 bits per heavy atom. The molecule has 1 amide bonds. The lowest BCUT2D eigenvalue weighted by Gasteiger charge is -2.08. The summed E-state index contributed by atoms with van der Waals surface area (Å²) in [5, 5.41) is 8.73. The highest BCUT2D eigenvalue weighted by Crippen LogP contribution is 2.25. The third-order valence-electron chi connectivity index (χ3n) is 2.59. The highest BCUT2D eigenvalue weighted by molar-refractivity contribution is 5.91. The van der Waals surface area contributed by atoms with Crippen molar-refractivity contribution in [3.05, 3.63) is 11.1 Å². The first-order valence-corrected chi connectivity index (χ1v) is 4.54. The minimum Gasteiger partial charge on any atom is -0.465 e. The largest absolute Gasteiger partial charge is 0.465 e. The number of carboxylic acid groups (broad SMARTS) is 1. The molecule has 2 rings (SSSR count). The van der Waals surface area contributed by atoms with Gasteiger partial charge in [0, 0.05) is 25.1 Å². The second-order valence-electron chi connectivity index (χ2n) is 3.42. The zero-order valence-electron chi connectivity index (χ0n) is 7.65. The Morgan fingerprint density at radius 2 is 2.21 bits per heavy atom. The van der Waals surface area contributed by atoms with E-state index in [-0.39, 0.29) is 5.97 Å². The molecule has 0 saturated carbocycles. The van der Waals surface area contributed by atoms with Crippen molar-refractivity contribution in [3.63, 3.8) is 0 Å².